The molecule has 0 aliphatic heterocycles. The molecule has 0 saturated heterocycles. The largest absolute Gasteiger partial charge is 0.352 e. The van der Waals surface area contributed by atoms with Gasteiger partial charge in [0.15, 0.2) is 0 Å². The van der Waals surface area contributed by atoms with E-state index >= 15 is 0 Å². The molecule has 1 N–H and O–H groups in total. The van der Waals surface area contributed by atoms with Gasteiger partial charge in [0.25, 0.3) is 11.6 Å². The Morgan fingerprint density at radius 2 is 1.94 bits per heavy atom. The number of aryl methyl sites for hydroxylation is 1. The van der Waals surface area contributed by atoms with Crippen LogP contribution >= 0.6 is 0 Å². The van der Waals surface area contributed by atoms with Gasteiger partial charge in [0.05, 0.1) is 28.0 Å². The molecule has 0 aliphatic carbocycles. The van der Waals surface area contributed by atoms with Crippen molar-refractivity contribution in [2.24, 2.45) is 0 Å². The first-order chi connectivity index (χ1) is 16.1. The van der Waals surface area contributed by atoms with Crippen molar-refractivity contribution in [1.82, 2.24) is 25.2 Å². The molecule has 3 heterocycles. The van der Waals surface area contributed by atoms with Gasteiger partial charge in [-0.25, -0.2) is 14.1 Å². The third-order valence-corrected chi connectivity index (χ3v) is 5.42. The monoisotopic (exact) mass is 441 g/mol. The molecule has 5 rings (SSSR count). The Kier molecular flexibility index (Phi) is 5.40. The van der Waals surface area contributed by atoms with Crippen LogP contribution in [0.3, 0.4) is 0 Å². The number of fused-ring (bicyclic) bond motifs is 1. The van der Waals surface area contributed by atoms with E-state index in [0.29, 0.717) is 40.9 Å². The average Bonchev–Trinajstić information content (AvgIpc) is 3.50. The second-order valence-corrected chi connectivity index (χ2v) is 7.61. The summed E-state index contributed by atoms with van der Waals surface area (Å²) in [4.78, 5) is 17.4. The minimum Gasteiger partial charge on any atom is -0.352 e. The number of aromatic nitrogens is 4. The molecule has 0 fully saturated rings. The fourth-order valence-corrected chi connectivity index (χ4v) is 3.73. The van der Waals surface area contributed by atoms with Crippen molar-refractivity contribution in [3.8, 4) is 16.9 Å². The van der Waals surface area contributed by atoms with E-state index in [2.05, 4.69) is 20.6 Å². The molecular formula is C25H20FN5O2. The van der Waals surface area contributed by atoms with Gasteiger partial charge < -0.3 is 9.84 Å². The summed E-state index contributed by atoms with van der Waals surface area (Å²) in [6.45, 7) is 2.18. The highest BCUT2D eigenvalue weighted by Gasteiger charge is 2.20. The minimum atomic E-state index is -0.425. The van der Waals surface area contributed by atoms with E-state index < -0.39 is 5.82 Å². The van der Waals surface area contributed by atoms with E-state index in [1.54, 1.807) is 42.1 Å². The molecule has 164 valence electrons. The van der Waals surface area contributed by atoms with Crippen LogP contribution in [0, 0.1) is 12.7 Å². The fraction of sp³-hybridized carbons (Fsp3) is 0.120. The molecule has 0 spiro atoms. The summed E-state index contributed by atoms with van der Waals surface area (Å²) in [6.07, 6.45) is 4.27. The van der Waals surface area contributed by atoms with Gasteiger partial charge in [0.2, 0.25) is 0 Å². The number of carbonyl (C=O) groups is 1. The maximum absolute atomic E-state index is 14.3. The number of amides is 1. The van der Waals surface area contributed by atoms with Crippen molar-refractivity contribution in [2.45, 2.75) is 13.3 Å². The second kappa shape index (κ2) is 8.66. The normalized spacial score (nSPS) is 11.1. The standard InChI is InChI=1S/C25H20FN5O2/c1-16-23-20(15-22(29-25(23)33-30-16)19-5-2-3-6-21(19)26)24(32)27-13-11-17-7-9-18(10-8-17)31-14-4-12-28-31/h2-10,12,14-15H,11,13H2,1H3,(H,27,32). The molecule has 0 aliphatic rings. The van der Waals surface area contributed by atoms with Crippen LogP contribution in [0.2, 0.25) is 0 Å². The number of pyridine rings is 1. The van der Waals surface area contributed by atoms with Gasteiger partial charge in [-0.3, -0.25) is 4.79 Å². The third kappa shape index (κ3) is 4.10. The Labute approximate surface area is 188 Å². The van der Waals surface area contributed by atoms with Crippen LogP contribution in [0.4, 0.5) is 4.39 Å². The first-order valence-corrected chi connectivity index (χ1v) is 10.5. The van der Waals surface area contributed by atoms with Crippen LogP contribution < -0.4 is 5.32 Å². The molecule has 8 heteroatoms. The lowest BCUT2D eigenvalue weighted by Crippen LogP contribution is -2.26. The maximum atomic E-state index is 14.3. The summed E-state index contributed by atoms with van der Waals surface area (Å²) in [5.74, 6) is -0.718. The first-order valence-electron chi connectivity index (χ1n) is 10.5. The number of halogens is 1. The number of benzene rings is 2. The topological polar surface area (TPSA) is 85.8 Å². The van der Waals surface area contributed by atoms with Crippen LogP contribution in [0.15, 0.2) is 77.6 Å². The van der Waals surface area contributed by atoms with E-state index in [-0.39, 0.29) is 11.6 Å². The highest BCUT2D eigenvalue weighted by molar-refractivity contribution is 6.07. The Morgan fingerprint density at radius 3 is 2.70 bits per heavy atom. The Balaban J connectivity index is 1.35. The Bertz CT molecular complexity index is 1430. The maximum Gasteiger partial charge on any atom is 0.259 e. The molecule has 5 aromatic rings. The molecule has 0 radical (unpaired) electrons. The highest BCUT2D eigenvalue weighted by atomic mass is 19.1. The van der Waals surface area contributed by atoms with Crippen LogP contribution in [0.1, 0.15) is 21.6 Å². The predicted molar refractivity (Wildman–Crippen MR) is 122 cm³/mol. The number of rotatable bonds is 6. The average molecular weight is 441 g/mol. The van der Waals surface area contributed by atoms with Gasteiger partial charge >= 0.3 is 0 Å². The van der Waals surface area contributed by atoms with Gasteiger partial charge in [-0.05, 0) is 55.3 Å². The van der Waals surface area contributed by atoms with Crippen molar-refractivity contribution >= 4 is 17.0 Å². The first kappa shape index (κ1) is 20.6. The molecule has 1 amide bonds. The van der Waals surface area contributed by atoms with Crippen molar-refractivity contribution in [3.05, 3.63) is 95.7 Å². The van der Waals surface area contributed by atoms with E-state index in [9.17, 15) is 9.18 Å². The lowest BCUT2D eigenvalue weighted by Gasteiger charge is -2.09. The summed E-state index contributed by atoms with van der Waals surface area (Å²) in [6, 6.07) is 17.7. The third-order valence-electron chi connectivity index (χ3n) is 5.42. The van der Waals surface area contributed by atoms with Gasteiger partial charge in [0, 0.05) is 24.5 Å². The molecule has 3 aromatic heterocycles. The van der Waals surface area contributed by atoms with Gasteiger partial charge in [-0.2, -0.15) is 5.10 Å². The Morgan fingerprint density at radius 1 is 1.12 bits per heavy atom. The summed E-state index contributed by atoms with van der Waals surface area (Å²) in [7, 11) is 0. The van der Waals surface area contributed by atoms with Crippen LogP contribution in [0.25, 0.3) is 28.0 Å². The van der Waals surface area contributed by atoms with Crippen LogP contribution in [-0.4, -0.2) is 32.4 Å². The van der Waals surface area contributed by atoms with Crippen molar-refractivity contribution < 1.29 is 13.7 Å². The molecule has 7 nitrogen and oxygen atoms in total. The van der Waals surface area contributed by atoms with E-state index in [1.165, 1.54) is 6.07 Å². The van der Waals surface area contributed by atoms with Gasteiger partial charge in [-0.1, -0.05) is 29.4 Å². The molecule has 0 unspecified atom stereocenters. The zero-order chi connectivity index (χ0) is 22.8. The zero-order valence-corrected chi connectivity index (χ0v) is 17.8. The highest BCUT2D eigenvalue weighted by Crippen LogP contribution is 2.28. The summed E-state index contributed by atoms with van der Waals surface area (Å²) in [5.41, 5.74) is 3.77. The Hall–Kier alpha value is -4.33. The van der Waals surface area contributed by atoms with Gasteiger partial charge in [0.1, 0.15) is 5.82 Å². The molecule has 0 atom stereocenters. The van der Waals surface area contributed by atoms with E-state index in [0.717, 1.165) is 11.3 Å². The van der Waals surface area contributed by atoms with Crippen molar-refractivity contribution in [3.63, 3.8) is 0 Å². The van der Waals surface area contributed by atoms with Gasteiger partial charge in [-0.15, -0.1) is 0 Å². The number of nitrogens with zero attached hydrogens (tertiary/aromatic N) is 4. The fourth-order valence-electron chi connectivity index (χ4n) is 3.73. The molecule has 0 saturated carbocycles. The predicted octanol–water partition coefficient (Wildman–Crippen LogP) is 4.50. The van der Waals surface area contributed by atoms with E-state index in [4.69, 9.17) is 4.52 Å². The smallest absolute Gasteiger partial charge is 0.259 e. The SMILES string of the molecule is Cc1noc2nc(-c3ccccc3F)cc(C(=O)NCCc3ccc(-n4cccn4)cc3)c12. The molecule has 2 aromatic carbocycles. The summed E-state index contributed by atoms with van der Waals surface area (Å²) in [5, 5.41) is 11.6. The minimum absolute atomic E-state index is 0.201. The van der Waals surface area contributed by atoms with Crippen molar-refractivity contribution in [2.75, 3.05) is 6.54 Å². The van der Waals surface area contributed by atoms with E-state index in [1.807, 2.05) is 36.5 Å². The second-order valence-electron chi connectivity index (χ2n) is 7.61. The molecule has 33 heavy (non-hydrogen) atoms. The summed E-state index contributed by atoms with van der Waals surface area (Å²) < 4.78 is 21.4. The molecular weight excluding hydrogens is 421 g/mol. The lowest BCUT2D eigenvalue weighted by atomic mass is 10.0. The number of nitrogens with one attached hydrogen (secondary N) is 1. The summed E-state index contributed by atoms with van der Waals surface area (Å²) >= 11 is 0. The van der Waals surface area contributed by atoms with Crippen molar-refractivity contribution in [1.29, 1.82) is 0 Å². The van der Waals surface area contributed by atoms with Crippen LogP contribution in [0.5, 0.6) is 0 Å². The lowest BCUT2D eigenvalue weighted by molar-refractivity contribution is 0.0955. The quantitative estimate of drug-likeness (QED) is 0.419. The number of hydrogen-bond donors (Lipinski definition) is 1. The zero-order valence-electron chi connectivity index (χ0n) is 17.8. The van der Waals surface area contributed by atoms with Crippen LogP contribution in [-0.2, 0) is 6.42 Å². The molecule has 0 bridgehead atoms. The number of carbonyl (C=O) groups excluding carboxylic acids is 1. The number of hydrogen-bond acceptors (Lipinski definition) is 5.